The summed E-state index contributed by atoms with van der Waals surface area (Å²) in [7, 11) is 0. The van der Waals surface area contributed by atoms with Crippen molar-refractivity contribution in [2.24, 2.45) is 0 Å². The van der Waals surface area contributed by atoms with E-state index in [0.717, 1.165) is 42.9 Å². The van der Waals surface area contributed by atoms with E-state index in [4.69, 9.17) is 0 Å². The third-order valence-corrected chi connectivity index (χ3v) is 4.30. The fraction of sp³-hybridized carbons (Fsp3) is 0.625. The number of piperazine rings is 1. The van der Waals surface area contributed by atoms with Gasteiger partial charge in [-0.25, -0.2) is 0 Å². The van der Waals surface area contributed by atoms with Crippen molar-refractivity contribution in [3.63, 3.8) is 0 Å². The van der Waals surface area contributed by atoms with Gasteiger partial charge in [-0.2, -0.15) is 13.2 Å². The Hall–Kier alpha value is -0.780. The summed E-state index contributed by atoms with van der Waals surface area (Å²) >= 11 is 0. The Kier molecular flexibility index (Phi) is 7.16. The van der Waals surface area contributed by atoms with Gasteiger partial charge < -0.3 is 5.32 Å². The van der Waals surface area contributed by atoms with Crippen molar-refractivity contribution >= 4 is 12.4 Å². The number of hydrogen-bond acceptors (Lipinski definition) is 2. The summed E-state index contributed by atoms with van der Waals surface area (Å²) in [6.07, 6.45) is -4.69. The standard InChI is InChI=1S/C16H23F3N2.ClH/c1-12-4-3-5-14(13(12)2)15(6-7-16(17,18)19)21-10-8-20-9-11-21;/h3-5,15,20H,6-11H2,1-2H3;1H/t15-;/m1./s1. The lowest BCUT2D eigenvalue weighted by Crippen LogP contribution is -2.45. The molecule has 0 bridgehead atoms. The van der Waals surface area contributed by atoms with Crippen LogP contribution >= 0.6 is 12.4 Å². The molecule has 22 heavy (non-hydrogen) atoms. The van der Waals surface area contributed by atoms with Gasteiger partial charge in [0.2, 0.25) is 0 Å². The minimum absolute atomic E-state index is 0. The zero-order valence-electron chi connectivity index (χ0n) is 13.0. The number of nitrogens with one attached hydrogen (secondary N) is 1. The quantitative estimate of drug-likeness (QED) is 0.893. The Bertz CT molecular complexity index is 471. The van der Waals surface area contributed by atoms with Crippen molar-refractivity contribution in [3.8, 4) is 0 Å². The van der Waals surface area contributed by atoms with Crippen molar-refractivity contribution in [3.05, 3.63) is 34.9 Å². The monoisotopic (exact) mass is 336 g/mol. The van der Waals surface area contributed by atoms with Crippen molar-refractivity contribution in [2.45, 2.75) is 38.9 Å². The van der Waals surface area contributed by atoms with E-state index in [1.807, 2.05) is 32.0 Å². The van der Waals surface area contributed by atoms with E-state index in [2.05, 4.69) is 10.2 Å². The van der Waals surface area contributed by atoms with Gasteiger partial charge in [0.05, 0.1) is 0 Å². The average molecular weight is 337 g/mol. The first-order valence-corrected chi connectivity index (χ1v) is 7.46. The lowest BCUT2D eigenvalue weighted by Gasteiger charge is -2.36. The van der Waals surface area contributed by atoms with Gasteiger partial charge in [0.25, 0.3) is 0 Å². The van der Waals surface area contributed by atoms with Gasteiger partial charge in [-0.15, -0.1) is 12.4 Å². The molecule has 1 atom stereocenters. The number of aryl methyl sites for hydroxylation is 1. The lowest BCUT2D eigenvalue weighted by molar-refractivity contribution is -0.138. The molecule has 0 aliphatic carbocycles. The summed E-state index contributed by atoms with van der Waals surface area (Å²) in [5.41, 5.74) is 3.30. The number of rotatable bonds is 4. The summed E-state index contributed by atoms with van der Waals surface area (Å²) in [4.78, 5) is 2.18. The summed E-state index contributed by atoms with van der Waals surface area (Å²) in [5.74, 6) is 0. The third-order valence-electron chi connectivity index (χ3n) is 4.30. The molecule has 1 heterocycles. The van der Waals surface area contributed by atoms with Crippen LogP contribution in [0.4, 0.5) is 13.2 Å². The molecule has 1 aliphatic rings. The molecule has 0 unspecified atom stereocenters. The fourth-order valence-corrected chi connectivity index (χ4v) is 2.96. The molecule has 1 saturated heterocycles. The molecule has 0 saturated carbocycles. The van der Waals surface area contributed by atoms with E-state index >= 15 is 0 Å². The topological polar surface area (TPSA) is 15.3 Å². The molecular formula is C16H24ClF3N2. The highest BCUT2D eigenvalue weighted by molar-refractivity contribution is 5.85. The Morgan fingerprint density at radius 2 is 1.82 bits per heavy atom. The van der Waals surface area contributed by atoms with Crippen molar-refractivity contribution < 1.29 is 13.2 Å². The molecule has 1 aromatic carbocycles. The molecule has 0 radical (unpaired) electrons. The number of alkyl halides is 3. The van der Waals surface area contributed by atoms with Crippen LogP contribution in [-0.4, -0.2) is 37.3 Å². The lowest BCUT2D eigenvalue weighted by atomic mass is 9.93. The van der Waals surface area contributed by atoms with Gasteiger partial charge in [0.15, 0.2) is 0 Å². The van der Waals surface area contributed by atoms with E-state index in [1.165, 1.54) is 0 Å². The van der Waals surface area contributed by atoms with Gasteiger partial charge in [0.1, 0.15) is 0 Å². The highest BCUT2D eigenvalue weighted by atomic mass is 35.5. The molecule has 1 fully saturated rings. The number of benzene rings is 1. The Morgan fingerprint density at radius 1 is 1.18 bits per heavy atom. The van der Waals surface area contributed by atoms with Crippen molar-refractivity contribution in [1.29, 1.82) is 0 Å². The van der Waals surface area contributed by atoms with E-state index in [-0.39, 0.29) is 24.9 Å². The maximum Gasteiger partial charge on any atom is 0.389 e. The average Bonchev–Trinajstić information content (AvgIpc) is 2.43. The van der Waals surface area contributed by atoms with E-state index in [1.54, 1.807) is 0 Å². The number of nitrogens with zero attached hydrogens (tertiary/aromatic N) is 1. The van der Waals surface area contributed by atoms with Gasteiger partial charge in [-0.1, -0.05) is 18.2 Å². The first-order chi connectivity index (χ1) is 9.88. The molecule has 2 rings (SSSR count). The molecule has 6 heteroatoms. The maximum atomic E-state index is 12.6. The molecule has 1 aromatic rings. The fourth-order valence-electron chi connectivity index (χ4n) is 2.96. The number of halogens is 4. The van der Waals surface area contributed by atoms with E-state index in [9.17, 15) is 13.2 Å². The largest absolute Gasteiger partial charge is 0.389 e. The van der Waals surface area contributed by atoms with Crippen LogP contribution in [-0.2, 0) is 0 Å². The van der Waals surface area contributed by atoms with Crippen LogP contribution < -0.4 is 5.32 Å². The second-order valence-corrected chi connectivity index (χ2v) is 5.74. The Balaban J connectivity index is 0.00000242. The zero-order chi connectivity index (χ0) is 15.5. The molecule has 1 N–H and O–H groups in total. The molecule has 126 valence electrons. The molecule has 2 nitrogen and oxygen atoms in total. The third kappa shape index (κ3) is 5.14. The van der Waals surface area contributed by atoms with Gasteiger partial charge >= 0.3 is 6.18 Å². The van der Waals surface area contributed by atoms with E-state index in [0.29, 0.717) is 0 Å². The van der Waals surface area contributed by atoms with Crippen LogP contribution in [0.3, 0.4) is 0 Å². The van der Waals surface area contributed by atoms with Crippen LogP contribution in [0, 0.1) is 13.8 Å². The zero-order valence-corrected chi connectivity index (χ0v) is 13.9. The SMILES string of the molecule is Cc1cccc([C@@H](CCC(F)(F)F)N2CCNCC2)c1C.Cl. The molecule has 0 spiro atoms. The maximum absolute atomic E-state index is 12.6. The predicted molar refractivity (Wildman–Crippen MR) is 85.6 cm³/mol. The minimum Gasteiger partial charge on any atom is -0.314 e. The van der Waals surface area contributed by atoms with Crippen LogP contribution in [0.1, 0.15) is 35.6 Å². The second kappa shape index (κ2) is 8.18. The Morgan fingerprint density at radius 3 is 2.41 bits per heavy atom. The summed E-state index contributed by atoms with van der Waals surface area (Å²) in [6, 6.07) is 5.79. The predicted octanol–water partition coefficient (Wildman–Crippen LogP) is 4.01. The molecule has 0 aromatic heterocycles. The Labute approximate surface area is 136 Å². The summed E-state index contributed by atoms with van der Waals surface area (Å²) in [5, 5.41) is 3.26. The van der Waals surface area contributed by atoms with Crippen LogP contribution in [0.15, 0.2) is 18.2 Å². The summed E-state index contributed by atoms with van der Waals surface area (Å²) < 4.78 is 37.9. The normalized spacial score (nSPS) is 17.9. The first-order valence-electron chi connectivity index (χ1n) is 7.46. The number of hydrogen-bond donors (Lipinski definition) is 1. The van der Waals surface area contributed by atoms with Gasteiger partial charge in [-0.05, 0) is 37.0 Å². The van der Waals surface area contributed by atoms with Crippen LogP contribution in [0.5, 0.6) is 0 Å². The van der Waals surface area contributed by atoms with Gasteiger partial charge in [0, 0.05) is 38.6 Å². The van der Waals surface area contributed by atoms with Gasteiger partial charge in [-0.3, -0.25) is 4.90 Å². The molecule has 1 aliphatic heterocycles. The smallest absolute Gasteiger partial charge is 0.314 e. The molecule has 0 amide bonds. The highest BCUT2D eigenvalue weighted by Crippen LogP contribution is 2.33. The summed E-state index contributed by atoms with van der Waals surface area (Å²) in [6.45, 7) is 7.30. The van der Waals surface area contributed by atoms with Crippen LogP contribution in [0.25, 0.3) is 0 Å². The second-order valence-electron chi connectivity index (χ2n) is 5.74. The van der Waals surface area contributed by atoms with Crippen LogP contribution in [0.2, 0.25) is 0 Å². The highest BCUT2D eigenvalue weighted by Gasteiger charge is 2.31. The van der Waals surface area contributed by atoms with Crippen molar-refractivity contribution in [2.75, 3.05) is 26.2 Å². The molecular weight excluding hydrogens is 313 g/mol. The van der Waals surface area contributed by atoms with E-state index < -0.39 is 12.6 Å². The first kappa shape index (κ1) is 19.3. The van der Waals surface area contributed by atoms with Crippen molar-refractivity contribution in [1.82, 2.24) is 10.2 Å². The minimum atomic E-state index is -4.09.